The first kappa shape index (κ1) is 17.3. The largest absolute Gasteiger partial charge is 0.469 e. The maximum atomic E-state index is 12.1. The molecule has 0 unspecified atom stereocenters. The molecule has 1 aromatic carbocycles. The number of amides is 1. The molecule has 23 heavy (non-hydrogen) atoms. The summed E-state index contributed by atoms with van der Waals surface area (Å²) in [6.07, 6.45) is 1.30. The van der Waals surface area contributed by atoms with Crippen LogP contribution >= 0.6 is 15.9 Å². The zero-order chi connectivity index (χ0) is 16.8. The molecule has 6 heteroatoms. The number of aryl methyl sites for hydroxylation is 2. The van der Waals surface area contributed by atoms with Gasteiger partial charge in [0.2, 0.25) is 0 Å². The average Bonchev–Trinajstić information content (AvgIpc) is 3.01. The van der Waals surface area contributed by atoms with Crippen molar-refractivity contribution in [3.05, 3.63) is 52.4 Å². The van der Waals surface area contributed by atoms with Crippen LogP contribution in [0.2, 0.25) is 0 Å². The van der Waals surface area contributed by atoms with Crippen LogP contribution in [0, 0.1) is 6.92 Å². The van der Waals surface area contributed by atoms with Gasteiger partial charge in [0.15, 0.2) is 6.10 Å². The summed E-state index contributed by atoms with van der Waals surface area (Å²) < 4.78 is 11.1. The van der Waals surface area contributed by atoms with Crippen LogP contribution in [0.4, 0.5) is 5.69 Å². The summed E-state index contributed by atoms with van der Waals surface area (Å²) in [6.45, 7) is 3.50. The second kappa shape index (κ2) is 7.97. The lowest BCUT2D eigenvalue weighted by Gasteiger charge is -2.14. The third-order valence-corrected chi connectivity index (χ3v) is 3.87. The van der Waals surface area contributed by atoms with Gasteiger partial charge in [-0.1, -0.05) is 6.07 Å². The van der Waals surface area contributed by atoms with Crippen molar-refractivity contribution >= 4 is 33.5 Å². The fourth-order valence-electron chi connectivity index (χ4n) is 1.95. The molecule has 1 atom stereocenters. The molecule has 1 N–H and O–H groups in total. The number of carbonyl (C=O) groups excluding carboxylic acids is 2. The molecule has 0 bridgehead atoms. The van der Waals surface area contributed by atoms with Gasteiger partial charge in [0.1, 0.15) is 5.76 Å². The smallest absolute Gasteiger partial charge is 0.307 e. The van der Waals surface area contributed by atoms with Crippen molar-refractivity contribution in [1.29, 1.82) is 0 Å². The summed E-state index contributed by atoms with van der Waals surface area (Å²) in [7, 11) is 0. The topological polar surface area (TPSA) is 68.5 Å². The summed E-state index contributed by atoms with van der Waals surface area (Å²) in [6, 6.07) is 9.13. The molecular weight excluding hydrogens is 362 g/mol. The monoisotopic (exact) mass is 379 g/mol. The van der Waals surface area contributed by atoms with E-state index < -0.39 is 12.1 Å². The summed E-state index contributed by atoms with van der Waals surface area (Å²) in [5.41, 5.74) is 1.71. The Morgan fingerprint density at radius 2 is 2.13 bits per heavy atom. The lowest BCUT2D eigenvalue weighted by molar-refractivity contribution is -0.153. The highest BCUT2D eigenvalue weighted by molar-refractivity contribution is 9.10. The number of nitrogens with one attached hydrogen (secondary N) is 1. The normalized spacial score (nSPS) is 11.8. The maximum Gasteiger partial charge on any atom is 0.307 e. The van der Waals surface area contributed by atoms with Gasteiger partial charge in [0.05, 0.1) is 18.4 Å². The molecule has 122 valence electrons. The van der Waals surface area contributed by atoms with Crippen LogP contribution in [0.25, 0.3) is 0 Å². The molecule has 2 rings (SSSR count). The van der Waals surface area contributed by atoms with Gasteiger partial charge >= 0.3 is 5.97 Å². The van der Waals surface area contributed by atoms with Crippen molar-refractivity contribution in [3.8, 4) is 0 Å². The van der Waals surface area contributed by atoms with Crippen molar-refractivity contribution in [2.75, 3.05) is 5.32 Å². The molecule has 0 aliphatic carbocycles. The molecular formula is C17H18BrNO4. The molecule has 1 amide bonds. The second-order valence-electron chi connectivity index (χ2n) is 5.18. The highest BCUT2D eigenvalue weighted by Gasteiger charge is 2.18. The summed E-state index contributed by atoms with van der Waals surface area (Å²) in [5, 5.41) is 2.73. The molecule has 0 radical (unpaired) electrons. The Hall–Kier alpha value is -2.08. The third kappa shape index (κ3) is 5.25. The highest BCUT2D eigenvalue weighted by Crippen LogP contribution is 2.23. The van der Waals surface area contributed by atoms with Gasteiger partial charge in [-0.3, -0.25) is 9.59 Å². The molecule has 0 aliphatic heterocycles. The molecule has 0 aliphatic rings. The predicted octanol–water partition coefficient (Wildman–Crippen LogP) is 3.85. The fourth-order valence-corrected chi connectivity index (χ4v) is 2.54. The van der Waals surface area contributed by atoms with Gasteiger partial charge in [-0.25, -0.2) is 0 Å². The molecule has 1 aromatic heterocycles. The van der Waals surface area contributed by atoms with E-state index in [-0.39, 0.29) is 12.3 Å². The van der Waals surface area contributed by atoms with E-state index in [4.69, 9.17) is 9.15 Å². The number of carbonyl (C=O) groups is 2. The van der Waals surface area contributed by atoms with Crippen molar-refractivity contribution in [1.82, 2.24) is 0 Å². The molecule has 0 fully saturated rings. The number of esters is 1. The van der Waals surface area contributed by atoms with Gasteiger partial charge in [0.25, 0.3) is 5.91 Å². The zero-order valence-corrected chi connectivity index (χ0v) is 14.6. The number of benzene rings is 1. The van der Waals surface area contributed by atoms with Crippen molar-refractivity contribution < 1.29 is 18.7 Å². The Bertz CT molecular complexity index is 682. The van der Waals surface area contributed by atoms with E-state index in [1.165, 1.54) is 0 Å². The fraction of sp³-hybridized carbons (Fsp3) is 0.294. The molecule has 0 saturated carbocycles. The van der Waals surface area contributed by atoms with Crippen LogP contribution in [-0.2, 0) is 20.7 Å². The Morgan fingerprint density at radius 3 is 2.78 bits per heavy atom. The zero-order valence-electron chi connectivity index (χ0n) is 13.0. The van der Waals surface area contributed by atoms with E-state index >= 15 is 0 Å². The van der Waals surface area contributed by atoms with Gasteiger partial charge in [-0.15, -0.1) is 0 Å². The summed E-state index contributed by atoms with van der Waals surface area (Å²) in [5.74, 6) is -0.101. The standard InChI is InChI=1S/C17H18BrNO4/c1-11-5-7-15(14(18)10-11)19-17(21)12(2)23-16(20)8-6-13-4-3-9-22-13/h3-5,7,9-10,12H,6,8H2,1-2H3,(H,19,21)/t12-/m1/s1. The molecule has 5 nitrogen and oxygen atoms in total. The number of hydrogen-bond acceptors (Lipinski definition) is 4. The van der Waals surface area contributed by atoms with E-state index in [0.717, 1.165) is 10.0 Å². The number of ether oxygens (including phenoxy) is 1. The lowest BCUT2D eigenvalue weighted by Crippen LogP contribution is -2.30. The van der Waals surface area contributed by atoms with Crippen LogP contribution in [0.3, 0.4) is 0 Å². The maximum absolute atomic E-state index is 12.1. The second-order valence-corrected chi connectivity index (χ2v) is 6.04. The summed E-state index contributed by atoms with van der Waals surface area (Å²) >= 11 is 3.39. The first-order valence-electron chi connectivity index (χ1n) is 7.24. The Labute approximate surface area is 143 Å². The number of hydrogen-bond donors (Lipinski definition) is 1. The molecule has 0 saturated heterocycles. The third-order valence-electron chi connectivity index (χ3n) is 3.22. The first-order valence-corrected chi connectivity index (χ1v) is 8.04. The van der Waals surface area contributed by atoms with Crippen LogP contribution in [0.15, 0.2) is 45.5 Å². The van der Waals surface area contributed by atoms with E-state index in [0.29, 0.717) is 17.9 Å². The lowest BCUT2D eigenvalue weighted by atomic mass is 10.2. The van der Waals surface area contributed by atoms with E-state index in [1.54, 1.807) is 31.4 Å². The minimum atomic E-state index is -0.868. The SMILES string of the molecule is Cc1ccc(NC(=O)[C@@H](C)OC(=O)CCc2ccco2)c(Br)c1. The van der Waals surface area contributed by atoms with Crippen LogP contribution < -0.4 is 5.32 Å². The Morgan fingerprint density at radius 1 is 1.35 bits per heavy atom. The van der Waals surface area contributed by atoms with Crippen molar-refractivity contribution in [2.45, 2.75) is 32.8 Å². The minimum Gasteiger partial charge on any atom is -0.469 e. The number of halogens is 1. The average molecular weight is 380 g/mol. The van der Waals surface area contributed by atoms with E-state index in [9.17, 15) is 9.59 Å². The van der Waals surface area contributed by atoms with E-state index in [1.807, 2.05) is 19.1 Å². The van der Waals surface area contributed by atoms with Crippen molar-refractivity contribution in [2.24, 2.45) is 0 Å². The Balaban J connectivity index is 1.83. The highest BCUT2D eigenvalue weighted by atomic mass is 79.9. The predicted molar refractivity (Wildman–Crippen MR) is 90.1 cm³/mol. The van der Waals surface area contributed by atoms with Crippen LogP contribution in [-0.4, -0.2) is 18.0 Å². The van der Waals surface area contributed by atoms with Gasteiger partial charge < -0.3 is 14.5 Å². The van der Waals surface area contributed by atoms with E-state index in [2.05, 4.69) is 21.2 Å². The quantitative estimate of drug-likeness (QED) is 0.773. The number of rotatable bonds is 6. The van der Waals surface area contributed by atoms with Gasteiger partial charge in [0, 0.05) is 10.9 Å². The minimum absolute atomic E-state index is 0.166. The van der Waals surface area contributed by atoms with Crippen LogP contribution in [0.5, 0.6) is 0 Å². The summed E-state index contributed by atoms with van der Waals surface area (Å²) in [4.78, 5) is 23.9. The molecule has 2 aromatic rings. The number of furan rings is 1. The van der Waals surface area contributed by atoms with Gasteiger partial charge in [-0.05, 0) is 59.6 Å². The molecule has 1 heterocycles. The number of anilines is 1. The van der Waals surface area contributed by atoms with Crippen LogP contribution in [0.1, 0.15) is 24.7 Å². The Kier molecular flexibility index (Phi) is 5.98. The van der Waals surface area contributed by atoms with Crippen molar-refractivity contribution in [3.63, 3.8) is 0 Å². The first-order chi connectivity index (χ1) is 11.0. The van der Waals surface area contributed by atoms with Gasteiger partial charge in [-0.2, -0.15) is 0 Å². The molecule has 0 spiro atoms.